The largest absolute Gasteiger partial charge is 0.241 e. The summed E-state index contributed by atoms with van der Waals surface area (Å²) in [4.78, 5) is 9.03. The Labute approximate surface area is 112 Å². The van der Waals surface area contributed by atoms with Crippen molar-refractivity contribution < 1.29 is 0 Å². The van der Waals surface area contributed by atoms with Crippen LogP contribution in [0.5, 0.6) is 0 Å². The van der Waals surface area contributed by atoms with Crippen molar-refractivity contribution in [2.45, 2.75) is 78.1 Å². The van der Waals surface area contributed by atoms with Crippen LogP contribution in [-0.2, 0) is 12.8 Å². The molecule has 0 spiro atoms. The zero-order valence-corrected chi connectivity index (χ0v) is 12.1. The number of aryl methyl sites for hydroxylation is 2. The highest BCUT2D eigenvalue weighted by molar-refractivity contribution is 5.02. The van der Waals surface area contributed by atoms with Crippen molar-refractivity contribution in [3.63, 3.8) is 0 Å². The molecule has 2 nitrogen and oxygen atoms in total. The summed E-state index contributed by atoms with van der Waals surface area (Å²) in [5.74, 6) is 1.04. The quantitative estimate of drug-likeness (QED) is 0.560. The van der Waals surface area contributed by atoms with E-state index in [2.05, 4.69) is 29.9 Å². The summed E-state index contributed by atoms with van der Waals surface area (Å²) in [5.41, 5.74) is 1.23. The summed E-state index contributed by atoms with van der Waals surface area (Å²) < 4.78 is 0. The van der Waals surface area contributed by atoms with E-state index < -0.39 is 0 Å². The molecule has 0 unspecified atom stereocenters. The van der Waals surface area contributed by atoms with E-state index in [1.807, 2.05) is 6.20 Å². The number of hydrogen-bond donors (Lipinski definition) is 0. The van der Waals surface area contributed by atoms with Crippen LogP contribution in [-0.4, -0.2) is 9.97 Å². The molecule has 2 heteroatoms. The van der Waals surface area contributed by atoms with Crippen LogP contribution in [0, 0.1) is 0 Å². The van der Waals surface area contributed by atoms with E-state index in [1.165, 1.54) is 57.1 Å². The van der Waals surface area contributed by atoms with Gasteiger partial charge in [0.15, 0.2) is 0 Å². The van der Waals surface area contributed by atoms with Crippen LogP contribution in [0.2, 0.25) is 0 Å². The van der Waals surface area contributed by atoms with Gasteiger partial charge in [-0.3, -0.25) is 0 Å². The Balaban J connectivity index is 2.27. The molecule has 0 N–H and O–H groups in total. The third kappa shape index (κ3) is 6.73. The van der Waals surface area contributed by atoms with Crippen LogP contribution in [0.15, 0.2) is 12.3 Å². The second-order valence-corrected chi connectivity index (χ2v) is 5.09. The SMILES string of the molecule is CCCCCCc1ccnc(CCCCCC)n1. The van der Waals surface area contributed by atoms with Crippen molar-refractivity contribution in [3.05, 3.63) is 23.8 Å². The summed E-state index contributed by atoms with van der Waals surface area (Å²) in [7, 11) is 0. The average Bonchev–Trinajstić information content (AvgIpc) is 2.40. The Hall–Kier alpha value is -0.920. The molecule has 1 heterocycles. The molecule has 0 saturated carbocycles. The lowest BCUT2D eigenvalue weighted by Crippen LogP contribution is -1.99. The number of hydrogen-bond acceptors (Lipinski definition) is 2. The Bertz CT molecular complexity index is 282. The first-order valence-corrected chi connectivity index (χ1v) is 7.67. The topological polar surface area (TPSA) is 25.8 Å². The molecule has 0 aliphatic rings. The van der Waals surface area contributed by atoms with Crippen molar-refractivity contribution in [2.75, 3.05) is 0 Å². The molecule has 102 valence electrons. The summed E-state index contributed by atoms with van der Waals surface area (Å²) in [6, 6.07) is 2.07. The highest BCUT2D eigenvalue weighted by Crippen LogP contribution is 2.08. The lowest BCUT2D eigenvalue weighted by molar-refractivity contribution is 0.639. The van der Waals surface area contributed by atoms with E-state index in [1.54, 1.807) is 0 Å². The van der Waals surface area contributed by atoms with Crippen molar-refractivity contribution in [2.24, 2.45) is 0 Å². The summed E-state index contributed by atoms with van der Waals surface area (Å²) in [6.07, 6.45) is 14.5. The van der Waals surface area contributed by atoms with Crippen molar-refractivity contribution in [3.8, 4) is 0 Å². The van der Waals surface area contributed by atoms with Crippen molar-refractivity contribution in [1.29, 1.82) is 0 Å². The van der Waals surface area contributed by atoms with Crippen LogP contribution >= 0.6 is 0 Å². The van der Waals surface area contributed by atoms with Gasteiger partial charge in [-0.05, 0) is 25.3 Å². The second kappa shape index (κ2) is 10.0. The van der Waals surface area contributed by atoms with Gasteiger partial charge in [-0.25, -0.2) is 9.97 Å². The molecule has 0 aromatic carbocycles. The van der Waals surface area contributed by atoms with E-state index in [9.17, 15) is 0 Å². The molecule has 0 atom stereocenters. The molecule has 0 saturated heterocycles. The molecule has 0 radical (unpaired) electrons. The van der Waals surface area contributed by atoms with Gasteiger partial charge in [-0.2, -0.15) is 0 Å². The van der Waals surface area contributed by atoms with Crippen molar-refractivity contribution in [1.82, 2.24) is 9.97 Å². The maximum atomic E-state index is 4.66. The monoisotopic (exact) mass is 248 g/mol. The minimum Gasteiger partial charge on any atom is -0.241 e. The summed E-state index contributed by atoms with van der Waals surface area (Å²) in [5, 5.41) is 0. The van der Waals surface area contributed by atoms with Gasteiger partial charge in [0, 0.05) is 18.3 Å². The molecule has 1 aromatic rings. The Kier molecular flexibility index (Phi) is 8.45. The minimum atomic E-state index is 1.04. The lowest BCUT2D eigenvalue weighted by atomic mass is 10.1. The fourth-order valence-electron chi connectivity index (χ4n) is 2.14. The number of rotatable bonds is 10. The van der Waals surface area contributed by atoms with Gasteiger partial charge in [0.25, 0.3) is 0 Å². The lowest BCUT2D eigenvalue weighted by Gasteiger charge is -2.04. The highest BCUT2D eigenvalue weighted by atomic mass is 14.9. The van der Waals surface area contributed by atoms with E-state index >= 15 is 0 Å². The Morgan fingerprint density at radius 1 is 0.833 bits per heavy atom. The molecule has 1 rings (SSSR count). The van der Waals surface area contributed by atoms with E-state index in [0.29, 0.717) is 0 Å². The Morgan fingerprint density at radius 3 is 2.17 bits per heavy atom. The van der Waals surface area contributed by atoms with E-state index in [-0.39, 0.29) is 0 Å². The van der Waals surface area contributed by atoms with E-state index in [0.717, 1.165) is 18.7 Å². The fraction of sp³-hybridized carbons (Fsp3) is 0.750. The molecule has 18 heavy (non-hydrogen) atoms. The molecule has 0 aliphatic heterocycles. The number of aromatic nitrogens is 2. The first-order chi connectivity index (χ1) is 8.86. The predicted molar refractivity (Wildman–Crippen MR) is 77.7 cm³/mol. The third-order valence-electron chi connectivity index (χ3n) is 3.30. The van der Waals surface area contributed by atoms with Gasteiger partial charge in [0.2, 0.25) is 0 Å². The second-order valence-electron chi connectivity index (χ2n) is 5.09. The minimum absolute atomic E-state index is 1.04. The fourth-order valence-corrected chi connectivity index (χ4v) is 2.14. The standard InChI is InChI=1S/C16H28N2/c1-3-5-7-9-11-15-13-14-17-16(18-15)12-10-8-6-4-2/h13-14H,3-12H2,1-2H3. The number of nitrogens with zero attached hydrogens (tertiary/aromatic N) is 2. The van der Waals surface area contributed by atoms with Gasteiger partial charge in [-0.15, -0.1) is 0 Å². The number of unbranched alkanes of at least 4 members (excludes halogenated alkanes) is 6. The molecule has 0 fully saturated rings. The zero-order chi connectivity index (χ0) is 13.1. The Morgan fingerprint density at radius 2 is 1.50 bits per heavy atom. The maximum absolute atomic E-state index is 4.66. The first-order valence-electron chi connectivity index (χ1n) is 7.67. The predicted octanol–water partition coefficient (Wildman–Crippen LogP) is 4.72. The highest BCUT2D eigenvalue weighted by Gasteiger charge is 2.00. The third-order valence-corrected chi connectivity index (χ3v) is 3.30. The molecule has 1 aromatic heterocycles. The molecule has 0 aliphatic carbocycles. The smallest absolute Gasteiger partial charge is 0.128 e. The van der Waals surface area contributed by atoms with Gasteiger partial charge in [-0.1, -0.05) is 52.4 Å². The van der Waals surface area contributed by atoms with Gasteiger partial charge in [0.05, 0.1) is 0 Å². The molecule has 0 amide bonds. The molecular weight excluding hydrogens is 220 g/mol. The first kappa shape index (κ1) is 15.1. The van der Waals surface area contributed by atoms with E-state index in [4.69, 9.17) is 0 Å². The zero-order valence-electron chi connectivity index (χ0n) is 12.1. The normalized spacial score (nSPS) is 10.8. The van der Waals surface area contributed by atoms with Crippen LogP contribution < -0.4 is 0 Å². The van der Waals surface area contributed by atoms with Crippen LogP contribution in [0.25, 0.3) is 0 Å². The van der Waals surface area contributed by atoms with Gasteiger partial charge in [0.1, 0.15) is 5.82 Å². The van der Waals surface area contributed by atoms with Crippen LogP contribution in [0.4, 0.5) is 0 Å². The maximum Gasteiger partial charge on any atom is 0.128 e. The molecule has 0 bridgehead atoms. The summed E-state index contributed by atoms with van der Waals surface area (Å²) >= 11 is 0. The molecular formula is C16H28N2. The summed E-state index contributed by atoms with van der Waals surface area (Å²) in [6.45, 7) is 4.49. The van der Waals surface area contributed by atoms with Crippen molar-refractivity contribution >= 4 is 0 Å². The average molecular weight is 248 g/mol. The van der Waals surface area contributed by atoms with Crippen LogP contribution in [0.1, 0.15) is 76.7 Å². The van der Waals surface area contributed by atoms with Gasteiger partial charge < -0.3 is 0 Å². The van der Waals surface area contributed by atoms with Gasteiger partial charge >= 0.3 is 0 Å². The van der Waals surface area contributed by atoms with Crippen LogP contribution in [0.3, 0.4) is 0 Å².